The maximum Gasteiger partial charge on any atom is 0.243 e. The Kier molecular flexibility index (Phi) is 11.5. The third-order valence-electron chi connectivity index (χ3n) is 3.23. The number of hydrogen-bond acceptors (Lipinski definition) is 7. The smallest absolute Gasteiger partial charge is 0.243 e. The maximum absolute atomic E-state index is 11.2. The fourth-order valence-corrected chi connectivity index (χ4v) is 2.02. The van der Waals surface area contributed by atoms with Gasteiger partial charge in [0.25, 0.3) is 0 Å². The lowest BCUT2D eigenvalue weighted by Crippen LogP contribution is -2.21. The molecule has 0 radical (unpaired) electrons. The summed E-state index contributed by atoms with van der Waals surface area (Å²) >= 11 is 0. The zero-order valence-corrected chi connectivity index (χ0v) is 15.3. The first-order valence-electron chi connectivity index (χ1n) is 8.52. The number of unbranched alkanes of at least 4 members (excludes halogenated alkanes) is 2. The molecule has 1 heterocycles. The van der Waals surface area contributed by atoms with Gasteiger partial charge in [0.15, 0.2) is 0 Å². The van der Waals surface area contributed by atoms with Gasteiger partial charge in [-0.05, 0) is 25.7 Å². The van der Waals surface area contributed by atoms with Crippen LogP contribution in [0, 0.1) is 0 Å². The third kappa shape index (κ3) is 10.5. The Hall–Kier alpha value is -2.39. The summed E-state index contributed by atoms with van der Waals surface area (Å²) < 4.78 is 11.1. The third-order valence-corrected chi connectivity index (χ3v) is 3.23. The first-order valence-corrected chi connectivity index (χ1v) is 8.52. The number of hydrogen-bond donors (Lipinski definition) is 2. The minimum Gasteiger partial charge on any atom is -0.478 e. The van der Waals surface area contributed by atoms with E-state index >= 15 is 0 Å². The summed E-state index contributed by atoms with van der Waals surface area (Å²) in [6, 6.07) is 5.30. The Labute approximate surface area is 153 Å². The van der Waals surface area contributed by atoms with Crippen LogP contribution in [0.4, 0.5) is 0 Å². The van der Waals surface area contributed by atoms with Crippen molar-refractivity contribution in [3.05, 3.63) is 18.2 Å². The molecule has 0 aliphatic rings. The van der Waals surface area contributed by atoms with Crippen molar-refractivity contribution in [3.8, 4) is 11.8 Å². The molecule has 0 fully saturated rings. The molecule has 0 atom stereocenters. The van der Waals surface area contributed by atoms with E-state index in [4.69, 9.17) is 9.47 Å². The van der Waals surface area contributed by atoms with E-state index in [0.29, 0.717) is 50.7 Å². The number of amides is 2. The fourth-order valence-electron chi connectivity index (χ4n) is 2.02. The highest BCUT2D eigenvalue weighted by atomic mass is 16.6. The average Bonchev–Trinajstić information content (AvgIpc) is 2.62. The lowest BCUT2D eigenvalue weighted by Gasteiger charge is -2.08. The van der Waals surface area contributed by atoms with Gasteiger partial charge in [-0.3, -0.25) is 19.3 Å². The molecule has 0 aliphatic heterocycles. The fraction of sp³-hybridized carbons (Fsp3) is 0.588. The number of rotatable bonds is 14. The summed E-state index contributed by atoms with van der Waals surface area (Å²) in [6.45, 7) is 0.927. The number of hydroxylamine groups is 2. The van der Waals surface area contributed by atoms with Gasteiger partial charge in [-0.25, -0.2) is 11.0 Å². The predicted octanol–water partition coefficient (Wildman–Crippen LogP) is 1.53. The number of nitrogens with one attached hydrogen (secondary N) is 2. The number of nitrogens with zero attached hydrogens (tertiary/aromatic N) is 1. The maximum atomic E-state index is 11.2. The van der Waals surface area contributed by atoms with Gasteiger partial charge in [0.2, 0.25) is 23.6 Å². The number of pyridine rings is 1. The molecule has 0 spiro atoms. The highest BCUT2D eigenvalue weighted by Crippen LogP contribution is 2.14. The van der Waals surface area contributed by atoms with E-state index in [9.17, 15) is 9.59 Å². The number of ether oxygens (including phenoxy) is 2. The van der Waals surface area contributed by atoms with Crippen molar-refractivity contribution >= 4 is 11.8 Å². The summed E-state index contributed by atoms with van der Waals surface area (Å²) in [5.74, 6) is 0.646. The minimum absolute atomic E-state index is 0.152. The number of carbonyl (C=O) groups excluding carboxylic acids is 2. The molecule has 0 saturated heterocycles. The van der Waals surface area contributed by atoms with Gasteiger partial charge in [0.1, 0.15) is 0 Å². The average molecular weight is 369 g/mol. The highest BCUT2D eigenvalue weighted by molar-refractivity contribution is 5.74. The SMILES string of the molecule is CONC(=O)CCCCOc1cccc(OCCCCC(=O)NOC)n1. The second-order valence-electron chi connectivity index (χ2n) is 5.38. The van der Waals surface area contributed by atoms with Crippen molar-refractivity contribution in [2.75, 3.05) is 27.4 Å². The molecule has 9 heteroatoms. The number of aromatic nitrogens is 1. The van der Waals surface area contributed by atoms with Crippen LogP contribution >= 0.6 is 0 Å². The summed E-state index contributed by atoms with van der Waals surface area (Å²) in [5.41, 5.74) is 4.53. The van der Waals surface area contributed by atoms with Crippen molar-refractivity contribution in [3.63, 3.8) is 0 Å². The summed E-state index contributed by atoms with van der Waals surface area (Å²) in [7, 11) is 2.81. The summed E-state index contributed by atoms with van der Waals surface area (Å²) in [4.78, 5) is 35.7. The number of carbonyl (C=O) groups is 2. The van der Waals surface area contributed by atoms with Gasteiger partial charge in [0, 0.05) is 25.0 Å². The van der Waals surface area contributed by atoms with Crippen LogP contribution in [0.25, 0.3) is 0 Å². The summed E-state index contributed by atoms with van der Waals surface area (Å²) in [6.07, 6.45) is 3.62. The van der Waals surface area contributed by atoms with Crippen LogP contribution in [0.5, 0.6) is 11.8 Å². The molecule has 26 heavy (non-hydrogen) atoms. The van der Waals surface area contributed by atoms with Gasteiger partial charge in [0.05, 0.1) is 27.4 Å². The molecule has 146 valence electrons. The van der Waals surface area contributed by atoms with Crippen LogP contribution in [-0.2, 0) is 19.3 Å². The van der Waals surface area contributed by atoms with Crippen LogP contribution in [0.2, 0.25) is 0 Å². The lowest BCUT2D eigenvalue weighted by atomic mass is 10.2. The molecule has 2 amide bonds. The molecule has 0 unspecified atom stereocenters. The van der Waals surface area contributed by atoms with Crippen LogP contribution in [0.1, 0.15) is 38.5 Å². The first-order chi connectivity index (χ1) is 12.7. The van der Waals surface area contributed by atoms with Crippen molar-refractivity contribution in [1.29, 1.82) is 0 Å². The minimum atomic E-state index is -0.152. The monoisotopic (exact) mass is 369 g/mol. The quantitative estimate of drug-likeness (QED) is 0.378. The second kappa shape index (κ2) is 13.9. The molecular formula is C17H27N3O6. The molecule has 0 saturated carbocycles. The van der Waals surface area contributed by atoms with Crippen LogP contribution < -0.4 is 20.4 Å². The van der Waals surface area contributed by atoms with Gasteiger partial charge in [-0.2, -0.15) is 4.98 Å². The molecule has 0 bridgehead atoms. The van der Waals surface area contributed by atoms with Crippen LogP contribution in [0.3, 0.4) is 0 Å². The Morgan fingerprint density at radius 2 is 1.31 bits per heavy atom. The largest absolute Gasteiger partial charge is 0.478 e. The van der Waals surface area contributed by atoms with E-state index < -0.39 is 0 Å². The topological polar surface area (TPSA) is 108 Å². The van der Waals surface area contributed by atoms with Gasteiger partial charge in [-0.15, -0.1) is 0 Å². The van der Waals surface area contributed by atoms with Crippen LogP contribution in [-0.4, -0.2) is 44.2 Å². The van der Waals surface area contributed by atoms with E-state index in [1.165, 1.54) is 14.2 Å². The van der Waals surface area contributed by atoms with E-state index in [2.05, 4.69) is 25.6 Å². The standard InChI is InChI=1S/C17H27N3O6/c1-23-19-14(21)8-3-5-12-25-16-10-7-11-17(18-16)26-13-6-4-9-15(22)20-24-2/h7,10-11H,3-6,8-9,12-13H2,1-2H3,(H,19,21)(H,20,22). The van der Waals surface area contributed by atoms with Crippen molar-refractivity contribution in [2.45, 2.75) is 38.5 Å². The molecule has 1 aromatic rings. The zero-order valence-electron chi connectivity index (χ0n) is 15.3. The Balaban J connectivity index is 2.16. The Morgan fingerprint density at radius 3 is 1.73 bits per heavy atom. The Bertz CT molecular complexity index is 498. The van der Waals surface area contributed by atoms with Crippen molar-refractivity contribution < 1.29 is 28.7 Å². The lowest BCUT2D eigenvalue weighted by molar-refractivity contribution is -0.132. The first kappa shape index (κ1) is 21.7. The summed E-state index contributed by atoms with van der Waals surface area (Å²) in [5, 5.41) is 0. The highest BCUT2D eigenvalue weighted by Gasteiger charge is 2.03. The molecule has 0 aromatic carbocycles. The molecule has 1 aromatic heterocycles. The second-order valence-corrected chi connectivity index (χ2v) is 5.38. The predicted molar refractivity (Wildman–Crippen MR) is 93.2 cm³/mol. The van der Waals surface area contributed by atoms with Gasteiger partial charge < -0.3 is 9.47 Å². The van der Waals surface area contributed by atoms with Gasteiger partial charge >= 0.3 is 0 Å². The van der Waals surface area contributed by atoms with Crippen LogP contribution in [0.15, 0.2) is 18.2 Å². The van der Waals surface area contributed by atoms with Crippen molar-refractivity contribution in [1.82, 2.24) is 15.9 Å². The molecule has 2 N–H and O–H groups in total. The van der Waals surface area contributed by atoms with E-state index in [-0.39, 0.29) is 11.8 Å². The van der Waals surface area contributed by atoms with Gasteiger partial charge in [-0.1, -0.05) is 6.07 Å². The molecule has 1 rings (SSSR count). The molecule has 0 aliphatic carbocycles. The van der Waals surface area contributed by atoms with E-state index in [0.717, 1.165) is 12.8 Å². The molecular weight excluding hydrogens is 342 g/mol. The normalized spacial score (nSPS) is 10.2. The zero-order chi connectivity index (χ0) is 19.0. The Morgan fingerprint density at radius 1 is 0.846 bits per heavy atom. The van der Waals surface area contributed by atoms with Crippen molar-refractivity contribution in [2.24, 2.45) is 0 Å². The molecule has 9 nitrogen and oxygen atoms in total. The van der Waals surface area contributed by atoms with E-state index in [1.807, 2.05) is 0 Å². The van der Waals surface area contributed by atoms with E-state index in [1.54, 1.807) is 18.2 Å².